The van der Waals surface area contributed by atoms with Gasteiger partial charge in [-0.25, -0.2) is 8.78 Å². The van der Waals surface area contributed by atoms with Crippen molar-refractivity contribution >= 4 is 6.29 Å². The summed E-state index contributed by atoms with van der Waals surface area (Å²) in [5, 5.41) is 5.52. The number of aromatic amines is 2. The molecule has 0 amide bonds. The fourth-order valence-electron chi connectivity index (χ4n) is 4.92. The van der Waals surface area contributed by atoms with Crippen molar-refractivity contribution in [1.29, 1.82) is 0 Å². The molecule has 10 nitrogen and oxygen atoms in total. The number of nitrogens with one attached hydrogen (secondary N) is 2. The zero-order valence-corrected chi connectivity index (χ0v) is 29.8. The van der Waals surface area contributed by atoms with Crippen LogP contribution in [0.4, 0.5) is 8.78 Å². The summed E-state index contributed by atoms with van der Waals surface area (Å²) in [5.74, 6) is -0.101. The number of rotatable bonds is 11. The van der Waals surface area contributed by atoms with Crippen LogP contribution < -0.4 is 20.6 Å². The number of halogens is 2. The Morgan fingerprint density at radius 2 is 1.31 bits per heavy atom. The predicted octanol–water partition coefficient (Wildman–Crippen LogP) is 7.61. The predicted molar refractivity (Wildman–Crippen MR) is 184 cm³/mol. The van der Waals surface area contributed by atoms with Gasteiger partial charge in [-0.3, -0.25) is 33.9 Å². The molecule has 12 heteroatoms. The molecule has 1 unspecified atom stereocenters. The second-order valence-electron chi connectivity index (χ2n) is 12.3. The van der Waals surface area contributed by atoms with Crippen LogP contribution in [-0.2, 0) is 4.74 Å². The van der Waals surface area contributed by atoms with E-state index in [9.17, 15) is 23.2 Å². The number of aryl methyl sites for hydroxylation is 1. The molecule has 1 atom stereocenters. The van der Waals surface area contributed by atoms with Crippen molar-refractivity contribution in [1.82, 2.24) is 19.6 Å². The standard InChI is InChI=1S/C19H27FN2O3.C10H11FO2.C7H12N2O/c1-7-24-18(17-13(6)22(11(2)3)21-19(17)23)15-9-8-14(10-16(15)20)25-12(4)5;1-7(2)13-9-4-3-8(6-12)10(11)5-9;1-5(2)9-6(3)4-7(10)8-9/h8-12,18H,7H2,1-6H3,(H,21,23);3-7H,1-2H3;4-5H,1-3H3,(H,8,10). The van der Waals surface area contributed by atoms with Crippen LogP contribution in [0, 0.1) is 25.5 Å². The van der Waals surface area contributed by atoms with Crippen LogP contribution in [0.3, 0.4) is 0 Å². The third-order valence-corrected chi connectivity index (χ3v) is 6.89. The van der Waals surface area contributed by atoms with E-state index in [2.05, 4.69) is 10.2 Å². The lowest BCUT2D eigenvalue weighted by atomic mass is 10.0. The molecular formula is C36H50F2N4O6. The zero-order chi connectivity index (χ0) is 36.3. The summed E-state index contributed by atoms with van der Waals surface area (Å²) in [6, 6.07) is 10.9. The number of carbonyl (C=O) groups is 1. The zero-order valence-electron chi connectivity index (χ0n) is 29.8. The average molecular weight is 673 g/mol. The van der Waals surface area contributed by atoms with E-state index in [4.69, 9.17) is 14.2 Å². The van der Waals surface area contributed by atoms with Gasteiger partial charge in [-0.2, -0.15) is 0 Å². The van der Waals surface area contributed by atoms with Crippen LogP contribution in [-0.4, -0.2) is 44.7 Å². The van der Waals surface area contributed by atoms with Crippen molar-refractivity contribution in [3.8, 4) is 11.5 Å². The number of aromatic nitrogens is 4. The van der Waals surface area contributed by atoms with Crippen LogP contribution in [0.5, 0.6) is 11.5 Å². The third kappa shape index (κ3) is 11.1. The van der Waals surface area contributed by atoms with Crippen LogP contribution in [0.2, 0.25) is 0 Å². The van der Waals surface area contributed by atoms with Gasteiger partial charge >= 0.3 is 0 Å². The van der Waals surface area contributed by atoms with Gasteiger partial charge in [0.1, 0.15) is 29.2 Å². The highest BCUT2D eigenvalue weighted by Gasteiger charge is 2.27. The number of benzene rings is 2. The summed E-state index contributed by atoms with van der Waals surface area (Å²) in [5.41, 5.74) is 2.27. The molecule has 0 saturated carbocycles. The first-order valence-corrected chi connectivity index (χ1v) is 16.1. The summed E-state index contributed by atoms with van der Waals surface area (Å²) < 4.78 is 47.8. The van der Waals surface area contributed by atoms with Crippen molar-refractivity contribution in [2.45, 2.75) is 107 Å². The fraction of sp³-hybridized carbons (Fsp3) is 0.472. The van der Waals surface area contributed by atoms with Gasteiger partial charge in [-0.05, 0) is 100 Å². The summed E-state index contributed by atoms with van der Waals surface area (Å²) >= 11 is 0. The summed E-state index contributed by atoms with van der Waals surface area (Å²) in [7, 11) is 0. The molecule has 264 valence electrons. The quantitative estimate of drug-likeness (QED) is 0.158. The van der Waals surface area contributed by atoms with Gasteiger partial charge in [0.2, 0.25) is 0 Å². The molecule has 0 aliphatic heterocycles. The molecule has 0 spiro atoms. The lowest BCUT2D eigenvalue weighted by molar-refractivity contribution is 0.0874. The maximum atomic E-state index is 14.7. The Morgan fingerprint density at radius 1 is 0.771 bits per heavy atom. The van der Waals surface area contributed by atoms with Crippen LogP contribution in [0.1, 0.15) is 113 Å². The molecule has 0 aliphatic rings. The Morgan fingerprint density at radius 3 is 1.69 bits per heavy atom. The molecule has 0 bridgehead atoms. The van der Waals surface area contributed by atoms with Gasteiger partial charge in [0.25, 0.3) is 11.1 Å². The highest BCUT2D eigenvalue weighted by atomic mass is 19.1. The molecule has 4 rings (SSSR count). The first-order valence-electron chi connectivity index (χ1n) is 16.1. The van der Waals surface area contributed by atoms with Gasteiger partial charge in [0, 0.05) is 53.8 Å². The van der Waals surface area contributed by atoms with E-state index in [1.54, 1.807) is 28.9 Å². The molecule has 2 aromatic carbocycles. The molecule has 0 radical (unpaired) electrons. The Hall–Kier alpha value is -4.45. The molecule has 0 fully saturated rings. The summed E-state index contributed by atoms with van der Waals surface area (Å²) in [6.07, 6.45) is -0.324. The number of aldehydes is 1. The van der Waals surface area contributed by atoms with Gasteiger partial charge in [0.15, 0.2) is 6.29 Å². The van der Waals surface area contributed by atoms with Crippen molar-refractivity contribution in [3.05, 3.63) is 103 Å². The van der Waals surface area contributed by atoms with Gasteiger partial charge < -0.3 is 14.2 Å². The summed E-state index contributed by atoms with van der Waals surface area (Å²) in [6.45, 7) is 21.4. The number of ether oxygens (including phenoxy) is 3. The van der Waals surface area contributed by atoms with E-state index in [1.807, 2.05) is 80.8 Å². The number of H-pyrrole nitrogens is 2. The Bertz CT molecular complexity index is 1730. The van der Waals surface area contributed by atoms with E-state index < -0.39 is 17.7 Å². The van der Waals surface area contributed by atoms with Crippen LogP contribution in [0.15, 0.2) is 52.1 Å². The van der Waals surface area contributed by atoms with Crippen molar-refractivity contribution < 1.29 is 27.8 Å². The molecule has 4 aromatic rings. The van der Waals surface area contributed by atoms with Gasteiger partial charge in [-0.1, -0.05) is 0 Å². The molecule has 2 N–H and O–H groups in total. The van der Waals surface area contributed by atoms with Crippen LogP contribution in [0.25, 0.3) is 0 Å². The Labute approximate surface area is 281 Å². The Balaban J connectivity index is 0.000000288. The number of carbonyl (C=O) groups excluding carboxylic acids is 1. The molecular weight excluding hydrogens is 622 g/mol. The number of hydrogen-bond donors (Lipinski definition) is 2. The second-order valence-corrected chi connectivity index (χ2v) is 12.3. The normalized spacial score (nSPS) is 11.7. The number of hydrogen-bond acceptors (Lipinski definition) is 6. The first kappa shape index (κ1) is 39.7. The van der Waals surface area contributed by atoms with E-state index >= 15 is 0 Å². The minimum atomic E-state index is -0.762. The minimum absolute atomic E-state index is 0.00137. The van der Waals surface area contributed by atoms with Gasteiger partial charge in [-0.15, -0.1) is 0 Å². The second kappa shape index (κ2) is 18.2. The maximum Gasteiger partial charge on any atom is 0.270 e. The largest absolute Gasteiger partial charge is 0.491 e. The molecule has 0 aliphatic carbocycles. The van der Waals surface area contributed by atoms with E-state index in [-0.39, 0.29) is 34.9 Å². The smallest absolute Gasteiger partial charge is 0.270 e. The monoisotopic (exact) mass is 672 g/mol. The van der Waals surface area contributed by atoms with Gasteiger partial charge in [0.05, 0.1) is 23.3 Å². The average Bonchev–Trinajstić information content (AvgIpc) is 3.48. The highest BCUT2D eigenvalue weighted by molar-refractivity contribution is 5.75. The first-order chi connectivity index (χ1) is 22.5. The molecule has 48 heavy (non-hydrogen) atoms. The van der Waals surface area contributed by atoms with Crippen molar-refractivity contribution in [2.75, 3.05) is 6.61 Å². The molecule has 2 aromatic heterocycles. The van der Waals surface area contributed by atoms with Crippen molar-refractivity contribution in [3.63, 3.8) is 0 Å². The topological polar surface area (TPSA) is 120 Å². The number of nitrogens with zero attached hydrogens (tertiary/aromatic N) is 2. The fourth-order valence-corrected chi connectivity index (χ4v) is 4.92. The van der Waals surface area contributed by atoms with E-state index in [1.165, 1.54) is 18.2 Å². The lowest BCUT2D eigenvalue weighted by Crippen LogP contribution is -2.17. The lowest BCUT2D eigenvalue weighted by Gasteiger charge is -2.19. The molecule has 2 heterocycles. The van der Waals surface area contributed by atoms with Crippen LogP contribution >= 0.6 is 0 Å². The molecule has 0 saturated heterocycles. The SMILES string of the molecule is CC(C)Oc1ccc(C=O)c(F)c1.CCOC(c1ccc(OC(C)C)cc1F)c1c(C)n(C(C)C)[nH]c1=O.Cc1cc(=O)[nH]n1C(C)C. The van der Waals surface area contributed by atoms with Crippen molar-refractivity contribution in [2.24, 2.45) is 0 Å². The summed E-state index contributed by atoms with van der Waals surface area (Å²) in [4.78, 5) is 33.5. The van der Waals surface area contributed by atoms with E-state index in [0.29, 0.717) is 41.6 Å². The maximum absolute atomic E-state index is 14.7. The van der Waals surface area contributed by atoms with E-state index in [0.717, 1.165) is 11.4 Å². The Kier molecular flexibility index (Phi) is 15.1. The minimum Gasteiger partial charge on any atom is -0.491 e. The highest BCUT2D eigenvalue weighted by Crippen LogP contribution is 2.31. The third-order valence-electron chi connectivity index (χ3n) is 6.89.